The number of H-pyrrole nitrogens is 1. The van der Waals surface area contributed by atoms with Crippen molar-refractivity contribution in [2.45, 2.75) is 20.3 Å². The van der Waals surface area contributed by atoms with Crippen LogP contribution < -0.4 is 16.0 Å². The third-order valence-electron chi connectivity index (χ3n) is 3.70. The van der Waals surface area contributed by atoms with E-state index in [1.165, 1.54) is 0 Å². The maximum absolute atomic E-state index is 12.2. The number of anilines is 1. The second kappa shape index (κ2) is 9.52. The van der Waals surface area contributed by atoms with Gasteiger partial charge in [-0.05, 0) is 31.5 Å². The van der Waals surface area contributed by atoms with E-state index in [0.29, 0.717) is 48.8 Å². The van der Waals surface area contributed by atoms with E-state index in [9.17, 15) is 9.59 Å². The largest absolute Gasteiger partial charge is 0.383 e. The Balaban J connectivity index is 1.88. The third kappa shape index (κ3) is 5.55. The van der Waals surface area contributed by atoms with Crippen LogP contribution in [-0.4, -0.2) is 53.9 Å². The fourth-order valence-corrected chi connectivity index (χ4v) is 2.33. The van der Waals surface area contributed by atoms with E-state index in [4.69, 9.17) is 4.74 Å². The minimum atomic E-state index is -0.350. The molecule has 0 bridgehead atoms. The van der Waals surface area contributed by atoms with Crippen molar-refractivity contribution in [3.05, 3.63) is 41.0 Å². The molecule has 0 saturated heterocycles. The van der Waals surface area contributed by atoms with Gasteiger partial charge in [0.05, 0.1) is 6.61 Å². The second-order valence-electron chi connectivity index (χ2n) is 5.69. The molecular formula is C17H24N6O3. The lowest BCUT2D eigenvalue weighted by atomic mass is 10.1. The van der Waals surface area contributed by atoms with E-state index in [2.05, 4.69) is 31.1 Å². The number of ether oxygens (including phenoxy) is 1. The van der Waals surface area contributed by atoms with Crippen LogP contribution in [0.3, 0.4) is 0 Å². The van der Waals surface area contributed by atoms with Crippen molar-refractivity contribution in [3.63, 3.8) is 0 Å². The number of urea groups is 1. The van der Waals surface area contributed by atoms with Crippen LogP contribution in [0.25, 0.3) is 0 Å². The summed E-state index contributed by atoms with van der Waals surface area (Å²) in [6.07, 6.45) is 0.526. The molecule has 0 aliphatic heterocycles. The number of methoxy groups -OCH3 is 1. The minimum Gasteiger partial charge on any atom is -0.383 e. The number of aromatic amines is 1. The molecule has 26 heavy (non-hydrogen) atoms. The zero-order chi connectivity index (χ0) is 18.9. The smallest absolute Gasteiger partial charge is 0.319 e. The van der Waals surface area contributed by atoms with E-state index in [1.54, 1.807) is 32.2 Å². The predicted molar refractivity (Wildman–Crippen MR) is 97.2 cm³/mol. The molecule has 0 aliphatic rings. The summed E-state index contributed by atoms with van der Waals surface area (Å²) >= 11 is 0. The molecule has 1 aromatic carbocycles. The minimum absolute atomic E-state index is 0.205. The number of amides is 3. The maximum atomic E-state index is 12.2. The number of aromatic nitrogens is 3. The quantitative estimate of drug-likeness (QED) is 0.527. The van der Waals surface area contributed by atoms with Crippen LogP contribution in [0.15, 0.2) is 18.2 Å². The predicted octanol–water partition coefficient (Wildman–Crippen LogP) is 1.16. The summed E-state index contributed by atoms with van der Waals surface area (Å²) in [7, 11) is 1.57. The highest BCUT2D eigenvalue weighted by Gasteiger charge is 2.13. The fourth-order valence-electron chi connectivity index (χ4n) is 2.33. The molecule has 0 aliphatic carbocycles. The van der Waals surface area contributed by atoms with Gasteiger partial charge in [-0.15, -0.1) is 0 Å². The highest BCUT2D eigenvalue weighted by Crippen LogP contribution is 2.18. The van der Waals surface area contributed by atoms with Crippen LogP contribution in [0.1, 0.15) is 27.6 Å². The van der Waals surface area contributed by atoms with Gasteiger partial charge in [0.25, 0.3) is 5.91 Å². The molecule has 4 N–H and O–H groups in total. The second-order valence-corrected chi connectivity index (χ2v) is 5.69. The molecule has 9 heteroatoms. The highest BCUT2D eigenvalue weighted by molar-refractivity contribution is 5.99. The average molecular weight is 360 g/mol. The molecule has 0 atom stereocenters. The van der Waals surface area contributed by atoms with Crippen LogP contribution in [-0.2, 0) is 11.2 Å². The van der Waals surface area contributed by atoms with Gasteiger partial charge in [-0.3, -0.25) is 9.89 Å². The van der Waals surface area contributed by atoms with E-state index < -0.39 is 0 Å². The van der Waals surface area contributed by atoms with Crippen molar-refractivity contribution < 1.29 is 14.3 Å². The summed E-state index contributed by atoms with van der Waals surface area (Å²) in [5.41, 5.74) is 1.79. The molecule has 0 radical (unpaired) electrons. The number of benzene rings is 1. The Morgan fingerprint density at radius 1 is 1.19 bits per heavy atom. The van der Waals surface area contributed by atoms with Crippen LogP contribution in [0.2, 0.25) is 0 Å². The number of hydrogen-bond donors (Lipinski definition) is 4. The zero-order valence-electron chi connectivity index (χ0n) is 15.2. The summed E-state index contributed by atoms with van der Waals surface area (Å²) in [6.45, 7) is 4.87. The Morgan fingerprint density at radius 2 is 2.00 bits per heavy atom. The summed E-state index contributed by atoms with van der Waals surface area (Å²) in [4.78, 5) is 28.4. The Morgan fingerprint density at radius 3 is 2.69 bits per heavy atom. The molecule has 9 nitrogen and oxygen atoms in total. The lowest BCUT2D eigenvalue weighted by Crippen LogP contribution is -2.31. The number of rotatable bonds is 8. The van der Waals surface area contributed by atoms with Crippen molar-refractivity contribution in [2.24, 2.45) is 0 Å². The number of carbonyl (C=O) groups excluding carboxylic acids is 2. The van der Waals surface area contributed by atoms with Crippen molar-refractivity contribution in [1.82, 2.24) is 25.8 Å². The van der Waals surface area contributed by atoms with Crippen LogP contribution in [0, 0.1) is 13.8 Å². The molecule has 3 amide bonds. The Hall–Kier alpha value is -2.94. The average Bonchev–Trinajstić information content (AvgIpc) is 3.02. The van der Waals surface area contributed by atoms with Crippen molar-refractivity contribution >= 4 is 17.6 Å². The van der Waals surface area contributed by atoms with Gasteiger partial charge in [0.2, 0.25) is 0 Å². The molecule has 0 unspecified atom stereocenters. The fraction of sp³-hybridized carbons (Fsp3) is 0.412. The van der Waals surface area contributed by atoms with E-state index in [0.717, 1.165) is 5.82 Å². The van der Waals surface area contributed by atoms with E-state index in [1.807, 2.05) is 6.92 Å². The Labute approximate surface area is 151 Å². The number of nitrogens with one attached hydrogen (secondary N) is 4. The van der Waals surface area contributed by atoms with Gasteiger partial charge >= 0.3 is 6.03 Å². The molecule has 1 aromatic heterocycles. The monoisotopic (exact) mass is 360 g/mol. The van der Waals surface area contributed by atoms with Crippen molar-refractivity contribution in [1.29, 1.82) is 0 Å². The number of nitrogens with zero attached hydrogens (tertiary/aromatic N) is 2. The lowest BCUT2D eigenvalue weighted by Gasteiger charge is -2.13. The van der Waals surface area contributed by atoms with Crippen LogP contribution in [0.4, 0.5) is 10.5 Å². The van der Waals surface area contributed by atoms with E-state index in [-0.39, 0.29) is 11.9 Å². The molecule has 2 rings (SSSR count). The number of hydrogen-bond acceptors (Lipinski definition) is 5. The third-order valence-corrected chi connectivity index (χ3v) is 3.70. The molecule has 140 valence electrons. The van der Waals surface area contributed by atoms with Gasteiger partial charge in [0, 0.05) is 37.9 Å². The van der Waals surface area contributed by atoms with Crippen molar-refractivity contribution in [2.75, 3.05) is 32.1 Å². The first-order chi connectivity index (χ1) is 12.5. The molecule has 0 spiro atoms. The van der Waals surface area contributed by atoms with Gasteiger partial charge in [0.15, 0.2) is 5.82 Å². The summed E-state index contributed by atoms with van der Waals surface area (Å²) in [5.74, 6) is 1.18. The summed E-state index contributed by atoms with van der Waals surface area (Å²) < 4.78 is 4.91. The maximum Gasteiger partial charge on any atom is 0.319 e. The Bertz CT molecular complexity index is 759. The Kier molecular flexibility index (Phi) is 7.10. The first-order valence-electron chi connectivity index (χ1n) is 8.30. The molecular weight excluding hydrogens is 336 g/mol. The molecule has 0 fully saturated rings. The van der Waals surface area contributed by atoms with Gasteiger partial charge in [0.1, 0.15) is 5.82 Å². The lowest BCUT2D eigenvalue weighted by molar-refractivity contribution is 0.0936. The van der Waals surface area contributed by atoms with Crippen molar-refractivity contribution in [3.8, 4) is 0 Å². The first-order valence-corrected chi connectivity index (χ1v) is 8.30. The summed E-state index contributed by atoms with van der Waals surface area (Å²) in [5, 5.41) is 15.0. The molecule has 2 aromatic rings. The standard InChI is InChI=1S/C17H24N6O3/c1-11-13(16(24)18-9-10-26-3)5-4-6-14(11)21-17(25)19-8-7-15-20-12(2)22-23-15/h4-6H,7-10H2,1-3H3,(H,18,24)(H2,19,21,25)(H,20,22,23). The zero-order valence-corrected chi connectivity index (χ0v) is 15.2. The topological polar surface area (TPSA) is 121 Å². The first kappa shape index (κ1) is 19.4. The van der Waals surface area contributed by atoms with E-state index >= 15 is 0 Å². The SMILES string of the molecule is COCCNC(=O)c1cccc(NC(=O)NCCc2n[nH]c(C)n2)c1C. The van der Waals surface area contributed by atoms with Gasteiger partial charge < -0.3 is 20.7 Å². The van der Waals surface area contributed by atoms with Crippen LogP contribution >= 0.6 is 0 Å². The number of carbonyl (C=O) groups is 2. The molecule has 1 heterocycles. The van der Waals surface area contributed by atoms with Gasteiger partial charge in [-0.25, -0.2) is 9.78 Å². The van der Waals surface area contributed by atoms with Gasteiger partial charge in [-0.1, -0.05) is 6.07 Å². The highest BCUT2D eigenvalue weighted by atomic mass is 16.5. The summed E-state index contributed by atoms with van der Waals surface area (Å²) in [6, 6.07) is 4.84. The van der Waals surface area contributed by atoms with Crippen LogP contribution in [0.5, 0.6) is 0 Å². The normalized spacial score (nSPS) is 10.4. The van der Waals surface area contributed by atoms with Gasteiger partial charge in [-0.2, -0.15) is 5.10 Å². The number of aryl methyl sites for hydroxylation is 1. The molecule has 0 saturated carbocycles.